The highest BCUT2D eigenvalue weighted by Gasteiger charge is 2.45. The molecule has 3 rings (SSSR count). The predicted molar refractivity (Wildman–Crippen MR) is 68.8 cm³/mol. The summed E-state index contributed by atoms with van der Waals surface area (Å²) >= 11 is 0. The highest BCUT2D eigenvalue weighted by atomic mass is 16.6. The van der Waals surface area contributed by atoms with E-state index in [0.717, 1.165) is 24.3 Å². The van der Waals surface area contributed by atoms with E-state index in [9.17, 15) is 4.79 Å². The lowest BCUT2D eigenvalue weighted by atomic mass is 9.95. The Morgan fingerprint density at radius 1 is 1.32 bits per heavy atom. The molecule has 0 bridgehead atoms. The van der Waals surface area contributed by atoms with Gasteiger partial charge in [0.15, 0.2) is 11.5 Å². The summed E-state index contributed by atoms with van der Waals surface area (Å²) in [5.41, 5.74) is 1.22. The van der Waals surface area contributed by atoms with E-state index < -0.39 is 0 Å². The molecule has 1 heterocycles. The molecule has 0 spiro atoms. The van der Waals surface area contributed by atoms with Crippen LogP contribution in [0.15, 0.2) is 18.2 Å². The van der Waals surface area contributed by atoms with E-state index in [2.05, 4.69) is 16.1 Å². The molecule has 0 radical (unpaired) electrons. The monoisotopic (exact) mass is 263 g/mol. The van der Waals surface area contributed by atoms with Crippen molar-refractivity contribution in [1.29, 1.82) is 0 Å². The fourth-order valence-electron chi connectivity index (χ4n) is 2.41. The lowest BCUT2D eigenvalue weighted by molar-refractivity contribution is 0.169. The van der Waals surface area contributed by atoms with Crippen LogP contribution in [0.5, 0.6) is 11.5 Å². The summed E-state index contributed by atoms with van der Waals surface area (Å²) in [7, 11) is 1.37. The van der Waals surface area contributed by atoms with Crippen LogP contribution in [0.2, 0.25) is 0 Å². The van der Waals surface area contributed by atoms with E-state index in [-0.39, 0.29) is 11.5 Å². The zero-order valence-corrected chi connectivity index (χ0v) is 10.9. The second-order valence-corrected chi connectivity index (χ2v) is 4.98. The molecule has 0 atom stereocenters. The fourth-order valence-corrected chi connectivity index (χ4v) is 2.41. The van der Waals surface area contributed by atoms with Gasteiger partial charge in [0, 0.05) is 12.0 Å². The number of amides is 1. The summed E-state index contributed by atoms with van der Waals surface area (Å²) in [6.07, 6.45) is 1.75. The number of carbonyl (C=O) groups excluding carboxylic acids is 1. The third kappa shape index (κ3) is 2.32. The SMILES string of the molecule is COC(=O)NCC1(c2ccc3c(c2)OCCO3)CC1. The Hall–Kier alpha value is -1.91. The van der Waals surface area contributed by atoms with Crippen molar-refractivity contribution in [3.05, 3.63) is 23.8 Å². The quantitative estimate of drug-likeness (QED) is 0.904. The molecule has 1 amide bonds. The summed E-state index contributed by atoms with van der Waals surface area (Å²) in [6, 6.07) is 6.03. The van der Waals surface area contributed by atoms with E-state index in [0.29, 0.717) is 19.8 Å². The Morgan fingerprint density at radius 2 is 2.05 bits per heavy atom. The molecule has 5 nitrogen and oxygen atoms in total. The molecular formula is C14H17NO4. The van der Waals surface area contributed by atoms with Crippen molar-refractivity contribution in [2.24, 2.45) is 0 Å². The van der Waals surface area contributed by atoms with Gasteiger partial charge in [-0.3, -0.25) is 0 Å². The van der Waals surface area contributed by atoms with Crippen LogP contribution in [0.1, 0.15) is 18.4 Å². The molecule has 19 heavy (non-hydrogen) atoms. The number of alkyl carbamates (subject to hydrolysis) is 1. The maximum atomic E-state index is 11.2. The first-order valence-corrected chi connectivity index (χ1v) is 6.45. The van der Waals surface area contributed by atoms with E-state index in [1.165, 1.54) is 12.7 Å². The molecule has 1 aliphatic carbocycles. The van der Waals surface area contributed by atoms with Crippen molar-refractivity contribution in [2.75, 3.05) is 26.9 Å². The molecule has 2 aliphatic rings. The highest BCUT2D eigenvalue weighted by Crippen LogP contribution is 2.49. The number of methoxy groups -OCH3 is 1. The van der Waals surface area contributed by atoms with Crippen LogP contribution in [0.4, 0.5) is 4.79 Å². The summed E-state index contributed by atoms with van der Waals surface area (Å²) in [6.45, 7) is 1.78. The van der Waals surface area contributed by atoms with Crippen LogP contribution >= 0.6 is 0 Å². The Kier molecular flexibility index (Phi) is 2.97. The zero-order chi connectivity index (χ0) is 13.3. The molecular weight excluding hydrogens is 246 g/mol. The molecule has 1 aromatic carbocycles. The van der Waals surface area contributed by atoms with Crippen molar-refractivity contribution in [2.45, 2.75) is 18.3 Å². The van der Waals surface area contributed by atoms with Crippen LogP contribution in [0.25, 0.3) is 0 Å². The molecule has 1 fully saturated rings. The summed E-state index contributed by atoms with van der Waals surface area (Å²) in [5, 5.41) is 2.78. The van der Waals surface area contributed by atoms with E-state index >= 15 is 0 Å². The highest BCUT2D eigenvalue weighted by molar-refractivity contribution is 5.67. The first kappa shape index (κ1) is 12.1. The van der Waals surface area contributed by atoms with Crippen molar-refractivity contribution in [1.82, 2.24) is 5.32 Å². The van der Waals surface area contributed by atoms with Gasteiger partial charge in [0.25, 0.3) is 0 Å². The Bertz CT molecular complexity index is 496. The van der Waals surface area contributed by atoms with Crippen LogP contribution in [-0.4, -0.2) is 33.0 Å². The minimum Gasteiger partial charge on any atom is -0.486 e. The lowest BCUT2D eigenvalue weighted by Crippen LogP contribution is -2.32. The maximum Gasteiger partial charge on any atom is 0.406 e. The van der Waals surface area contributed by atoms with Gasteiger partial charge in [-0.2, -0.15) is 0 Å². The second kappa shape index (κ2) is 4.64. The first-order valence-electron chi connectivity index (χ1n) is 6.45. The van der Waals surface area contributed by atoms with Gasteiger partial charge >= 0.3 is 6.09 Å². The van der Waals surface area contributed by atoms with Gasteiger partial charge in [-0.1, -0.05) is 6.07 Å². The minimum absolute atomic E-state index is 0.0318. The Morgan fingerprint density at radius 3 is 2.74 bits per heavy atom. The minimum atomic E-state index is -0.385. The lowest BCUT2D eigenvalue weighted by Gasteiger charge is -2.22. The molecule has 1 N–H and O–H groups in total. The molecule has 1 saturated carbocycles. The van der Waals surface area contributed by atoms with Crippen molar-refractivity contribution >= 4 is 6.09 Å². The standard InChI is InChI=1S/C14H17NO4/c1-17-13(16)15-9-14(4-5-14)10-2-3-11-12(8-10)19-7-6-18-11/h2-3,8H,4-7,9H2,1H3,(H,15,16). The number of ether oxygens (including phenoxy) is 3. The normalized spacial score (nSPS) is 18.6. The zero-order valence-electron chi connectivity index (χ0n) is 10.9. The van der Waals surface area contributed by atoms with E-state index in [1.54, 1.807) is 0 Å². The molecule has 0 unspecified atom stereocenters. The van der Waals surface area contributed by atoms with Gasteiger partial charge in [-0.15, -0.1) is 0 Å². The van der Waals surface area contributed by atoms with Gasteiger partial charge in [-0.05, 0) is 30.5 Å². The summed E-state index contributed by atoms with van der Waals surface area (Å²) < 4.78 is 15.7. The average Bonchev–Trinajstić information content (AvgIpc) is 3.25. The number of fused-ring (bicyclic) bond motifs is 1. The number of carbonyl (C=O) groups is 1. The third-order valence-electron chi connectivity index (χ3n) is 3.76. The van der Waals surface area contributed by atoms with Crippen molar-refractivity contribution in [3.63, 3.8) is 0 Å². The largest absolute Gasteiger partial charge is 0.486 e. The number of hydrogen-bond acceptors (Lipinski definition) is 4. The number of rotatable bonds is 3. The van der Waals surface area contributed by atoms with Crippen LogP contribution in [0, 0.1) is 0 Å². The summed E-state index contributed by atoms with van der Waals surface area (Å²) in [4.78, 5) is 11.2. The van der Waals surface area contributed by atoms with Crippen LogP contribution in [0.3, 0.4) is 0 Å². The van der Waals surface area contributed by atoms with Gasteiger partial charge in [0.2, 0.25) is 0 Å². The number of hydrogen-bond donors (Lipinski definition) is 1. The predicted octanol–water partition coefficient (Wildman–Crippen LogP) is 1.85. The topological polar surface area (TPSA) is 56.8 Å². The van der Waals surface area contributed by atoms with Crippen molar-refractivity contribution in [3.8, 4) is 11.5 Å². The Balaban J connectivity index is 1.76. The first-order chi connectivity index (χ1) is 9.23. The Labute approximate surface area is 111 Å². The van der Waals surface area contributed by atoms with E-state index in [1.807, 2.05) is 12.1 Å². The van der Waals surface area contributed by atoms with Gasteiger partial charge < -0.3 is 19.5 Å². The maximum absolute atomic E-state index is 11.2. The third-order valence-corrected chi connectivity index (χ3v) is 3.76. The van der Waals surface area contributed by atoms with Crippen molar-refractivity contribution < 1.29 is 19.0 Å². The average molecular weight is 263 g/mol. The molecule has 0 aromatic heterocycles. The van der Waals surface area contributed by atoms with E-state index in [4.69, 9.17) is 9.47 Å². The number of nitrogens with one attached hydrogen (secondary N) is 1. The fraction of sp³-hybridized carbons (Fsp3) is 0.500. The second-order valence-electron chi connectivity index (χ2n) is 4.98. The molecule has 1 aromatic rings. The molecule has 5 heteroatoms. The molecule has 1 aliphatic heterocycles. The van der Waals surface area contributed by atoms with Crippen LogP contribution in [-0.2, 0) is 10.2 Å². The summed E-state index contributed by atoms with van der Waals surface area (Å²) in [5.74, 6) is 1.60. The van der Waals surface area contributed by atoms with Gasteiger partial charge in [0.05, 0.1) is 7.11 Å². The van der Waals surface area contributed by atoms with Gasteiger partial charge in [0.1, 0.15) is 13.2 Å². The number of benzene rings is 1. The smallest absolute Gasteiger partial charge is 0.406 e. The molecule has 102 valence electrons. The van der Waals surface area contributed by atoms with Crippen LogP contribution < -0.4 is 14.8 Å². The molecule has 0 saturated heterocycles. The van der Waals surface area contributed by atoms with Gasteiger partial charge in [-0.25, -0.2) is 4.79 Å².